The van der Waals surface area contributed by atoms with E-state index in [4.69, 9.17) is 4.74 Å². The lowest BCUT2D eigenvalue weighted by Gasteiger charge is -2.07. The van der Waals surface area contributed by atoms with Gasteiger partial charge in [-0.3, -0.25) is 0 Å². The van der Waals surface area contributed by atoms with Crippen molar-refractivity contribution in [2.24, 2.45) is 0 Å². The summed E-state index contributed by atoms with van der Waals surface area (Å²) >= 11 is 0. The Morgan fingerprint density at radius 1 is 1.24 bits per heavy atom. The average Bonchev–Trinajstić information content (AvgIpc) is 2.96. The third-order valence-electron chi connectivity index (χ3n) is 3.01. The number of hydrogen-bond acceptors (Lipinski definition) is 4. The van der Waals surface area contributed by atoms with Gasteiger partial charge in [0.15, 0.2) is 0 Å². The zero-order valence-electron chi connectivity index (χ0n) is 12.3. The van der Waals surface area contributed by atoms with Gasteiger partial charge in [0, 0.05) is 18.8 Å². The van der Waals surface area contributed by atoms with E-state index < -0.39 is 0 Å². The number of carbonyl (C=O) groups is 1. The second-order valence-corrected chi connectivity index (χ2v) is 4.57. The Balaban J connectivity index is 1.85. The molecule has 0 atom stereocenters. The molecular formula is C16H20N2O3. The zero-order valence-corrected chi connectivity index (χ0v) is 12.3. The van der Waals surface area contributed by atoms with Crippen molar-refractivity contribution in [1.29, 1.82) is 0 Å². The minimum Gasteiger partial charge on any atom is -0.494 e. The molecule has 0 saturated carbocycles. The molecular weight excluding hydrogens is 268 g/mol. The fourth-order valence-electron chi connectivity index (χ4n) is 2.03. The van der Waals surface area contributed by atoms with Crippen LogP contribution in [0.3, 0.4) is 0 Å². The summed E-state index contributed by atoms with van der Waals surface area (Å²) in [6.45, 7) is 4.01. The van der Waals surface area contributed by atoms with Crippen LogP contribution in [0.15, 0.2) is 36.4 Å². The van der Waals surface area contributed by atoms with Crippen molar-refractivity contribution in [2.45, 2.75) is 20.0 Å². The molecule has 1 heterocycles. The standard InChI is InChI=1S/C16H20N2O3/c1-3-21-14-6-4-5-12(9-14)10-17-11-13-7-8-15(18-13)16(19)20-2/h4-9,17-18H,3,10-11H2,1-2H3. The first-order chi connectivity index (χ1) is 10.2. The van der Waals surface area contributed by atoms with Gasteiger partial charge in [0.2, 0.25) is 0 Å². The molecule has 0 aliphatic carbocycles. The third-order valence-corrected chi connectivity index (χ3v) is 3.01. The number of H-pyrrole nitrogens is 1. The molecule has 0 aliphatic heterocycles. The SMILES string of the molecule is CCOc1cccc(CNCc2ccc(C(=O)OC)[nH]2)c1. The van der Waals surface area contributed by atoms with Crippen molar-refractivity contribution in [3.8, 4) is 5.75 Å². The summed E-state index contributed by atoms with van der Waals surface area (Å²) in [5.41, 5.74) is 2.56. The van der Waals surface area contributed by atoms with Crippen LogP contribution in [0.5, 0.6) is 5.75 Å². The van der Waals surface area contributed by atoms with Gasteiger partial charge < -0.3 is 19.8 Å². The van der Waals surface area contributed by atoms with Crippen molar-refractivity contribution < 1.29 is 14.3 Å². The molecule has 2 N–H and O–H groups in total. The van der Waals surface area contributed by atoms with E-state index in [0.29, 0.717) is 18.8 Å². The quantitative estimate of drug-likeness (QED) is 0.768. The van der Waals surface area contributed by atoms with Gasteiger partial charge in [0.25, 0.3) is 0 Å². The van der Waals surface area contributed by atoms with Crippen molar-refractivity contribution in [2.75, 3.05) is 13.7 Å². The van der Waals surface area contributed by atoms with E-state index in [9.17, 15) is 4.79 Å². The van der Waals surface area contributed by atoms with E-state index in [2.05, 4.69) is 15.0 Å². The second kappa shape index (κ2) is 7.50. The molecule has 5 heteroatoms. The minimum atomic E-state index is -0.356. The molecule has 0 amide bonds. The van der Waals surface area contributed by atoms with E-state index in [1.54, 1.807) is 6.07 Å². The van der Waals surface area contributed by atoms with Crippen LogP contribution in [0.2, 0.25) is 0 Å². The lowest BCUT2D eigenvalue weighted by molar-refractivity contribution is 0.0594. The number of nitrogens with one attached hydrogen (secondary N) is 2. The number of aromatic nitrogens is 1. The highest BCUT2D eigenvalue weighted by Crippen LogP contribution is 2.13. The number of benzene rings is 1. The van der Waals surface area contributed by atoms with Gasteiger partial charge in [0.05, 0.1) is 13.7 Å². The van der Waals surface area contributed by atoms with E-state index >= 15 is 0 Å². The van der Waals surface area contributed by atoms with E-state index in [1.165, 1.54) is 7.11 Å². The van der Waals surface area contributed by atoms with Gasteiger partial charge in [0.1, 0.15) is 11.4 Å². The average molecular weight is 288 g/mol. The monoisotopic (exact) mass is 288 g/mol. The first-order valence-corrected chi connectivity index (χ1v) is 6.91. The molecule has 112 valence electrons. The molecule has 0 unspecified atom stereocenters. The van der Waals surface area contributed by atoms with Gasteiger partial charge in [-0.15, -0.1) is 0 Å². The van der Waals surface area contributed by atoms with E-state index in [1.807, 2.05) is 37.3 Å². The Morgan fingerprint density at radius 2 is 2.10 bits per heavy atom. The number of hydrogen-bond donors (Lipinski definition) is 2. The highest BCUT2D eigenvalue weighted by molar-refractivity contribution is 5.87. The topological polar surface area (TPSA) is 63.4 Å². The number of rotatable bonds is 7. The maximum Gasteiger partial charge on any atom is 0.354 e. The fourth-order valence-corrected chi connectivity index (χ4v) is 2.03. The molecule has 0 bridgehead atoms. The lowest BCUT2D eigenvalue weighted by atomic mass is 10.2. The zero-order chi connectivity index (χ0) is 15.1. The van der Waals surface area contributed by atoms with Crippen molar-refractivity contribution in [3.05, 3.63) is 53.3 Å². The smallest absolute Gasteiger partial charge is 0.354 e. The fraction of sp³-hybridized carbons (Fsp3) is 0.312. The summed E-state index contributed by atoms with van der Waals surface area (Å²) in [5.74, 6) is 0.523. The second-order valence-electron chi connectivity index (χ2n) is 4.57. The molecule has 1 aromatic heterocycles. The predicted octanol–water partition coefficient (Wildman–Crippen LogP) is 2.49. The van der Waals surface area contributed by atoms with Crippen LogP contribution in [-0.2, 0) is 17.8 Å². The molecule has 2 rings (SSSR count). The summed E-state index contributed by atoms with van der Waals surface area (Å²) in [6.07, 6.45) is 0. The summed E-state index contributed by atoms with van der Waals surface area (Å²) in [6, 6.07) is 11.6. The van der Waals surface area contributed by atoms with Crippen molar-refractivity contribution in [1.82, 2.24) is 10.3 Å². The summed E-state index contributed by atoms with van der Waals surface area (Å²) in [7, 11) is 1.37. The number of carbonyl (C=O) groups excluding carboxylic acids is 1. The molecule has 0 spiro atoms. The summed E-state index contributed by atoms with van der Waals surface area (Å²) < 4.78 is 10.1. The van der Waals surface area contributed by atoms with Crippen molar-refractivity contribution in [3.63, 3.8) is 0 Å². The van der Waals surface area contributed by atoms with Gasteiger partial charge in [-0.05, 0) is 36.8 Å². The Bertz CT molecular complexity index is 593. The number of methoxy groups -OCH3 is 1. The Hall–Kier alpha value is -2.27. The summed E-state index contributed by atoms with van der Waals surface area (Å²) in [5, 5.41) is 3.32. The first-order valence-electron chi connectivity index (χ1n) is 6.91. The normalized spacial score (nSPS) is 10.4. The molecule has 0 saturated heterocycles. The van der Waals surface area contributed by atoms with Crippen LogP contribution in [0.4, 0.5) is 0 Å². The van der Waals surface area contributed by atoms with Gasteiger partial charge >= 0.3 is 5.97 Å². The van der Waals surface area contributed by atoms with Crippen LogP contribution >= 0.6 is 0 Å². The van der Waals surface area contributed by atoms with Gasteiger partial charge in [-0.25, -0.2) is 4.79 Å². The van der Waals surface area contributed by atoms with Crippen LogP contribution < -0.4 is 10.1 Å². The molecule has 1 aromatic carbocycles. The van der Waals surface area contributed by atoms with Gasteiger partial charge in [-0.1, -0.05) is 12.1 Å². The van der Waals surface area contributed by atoms with Crippen LogP contribution in [-0.4, -0.2) is 24.7 Å². The number of aromatic amines is 1. The molecule has 5 nitrogen and oxygen atoms in total. The van der Waals surface area contributed by atoms with Crippen LogP contribution in [0.25, 0.3) is 0 Å². The van der Waals surface area contributed by atoms with Crippen molar-refractivity contribution >= 4 is 5.97 Å². The highest BCUT2D eigenvalue weighted by atomic mass is 16.5. The largest absolute Gasteiger partial charge is 0.494 e. The maximum absolute atomic E-state index is 11.3. The molecule has 0 radical (unpaired) electrons. The molecule has 2 aromatic rings. The van der Waals surface area contributed by atoms with E-state index in [-0.39, 0.29) is 5.97 Å². The third kappa shape index (κ3) is 4.36. The molecule has 21 heavy (non-hydrogen) atoms. The van der Waals surface area contributed by atoms with Crippen LogP contribution in [0.1, 0.15) is 28.7 Å². The van der Waals surface area contributed by atoms with Crippen LogP contribution in [0, 0.1) is 0 Å². The predicted molar refractivity (Wildman–Crippen MR) is 80.3 cm³/mol. The number of ether oxygens (including phenoxy) is 2. The Kier molecular flexibility index (Phi) is 5.40. The summed E-state index contributed by atoms with van der Waals surface area (Å²) in [4.78, 5) is 14.4. The Morgan fingerprint density at radius 3 is 2.86 bits per heavy atom. The maximum atomic E-state index is 11.3. The van der Waals surface area contributed by atoms with Gasteiger partial charge in [-0.2, -0.15) is 0 Å². The Labute approximate surface area is 124 Å². The number of esters is 1. The molecule has 0 aliphatic rings. The van der Waals surface area contributed by atoms with E-state index in [0.717, 1.165) is 23.6 Å². The highest BCUT2D eigenvalue weighted by Gasteiger charge is 2.07. The minimum absolute atomic E-state index is 0.356. The lowest BCUT2D eigenvalue weighted by Crippen LogP contribution is -2.13. The first kappa shape index (κ1) is 15.1. The molecule has 0 fully saturated rings.